The average Bonchev–Trinajstić information content (AvgIpc) is 2.74. The van der Waals surface area contributed by atoms with Gasteiger partial charge >= 0.3 is 0 Å². The largest absolute Gasteiger partial charge is 0.336 e. The predicted molar refractivity (Wildman–Crippen MR) is 111 cm³/mol. The van der Waals surface area contributed by atoms with Crippen molar-refractivity contribution in [2.24, 2.45) is 10.8 Å². The van der Waals surface area contributed by atoms with Gasteiger partial charge in [0.15, 0.2) is 0 Å². The summed E-state index contributed by atoms with van der Waals surface area (Å²) in [5.74, 6) is 5.81. The summed E-state index contributed by atoms with van der Waals surface area (Å²) < 4.78 is 0. The van der Waals surface area contributed by atoms with E-state index in [0.717, 1.165) is 22.4 Å². The van der Waals surface area contributed by atoms with Gasteiger partial charge in [-0.2, -0.15) is 0 Å². The van der Waals surface area contributed by atoms with Crippen LogP contribution in [-0.4, -0.2) is 23.2 Å². The molecule has 1 heterocycles. The number of carbonyl (C=O) groups is 1. The molecule has 140 valence electrons. The monoisotopic (exact) mass is 390 g/mol. The second kappa shape index (κ2) is 7.84. The number of amides is 1. The smallest absolute Gasteiger partial charge is 0.253 e. The van der Waals surface area contributed by atoms with Gasteiger partial charge in [0.25, 0.3) is 5.91 Å². The van der Waals surface area contributed by atoms with Crippen LogP contribution in [0.1, 0.15) is 22.7 Å². The zero-order chi connectivity index (χ0) is 19.5. The number of halogens is 1. The Hall–Kier alpha value is -3.15. The minimum Gasteiger partial charge on any atom is -0.336 e. The fourth-order valence-corrected chi connectivity index (χ4v) is 3.67. The zero-order valence-electron chi connectivity index (χ0n) is 15.0. The van der Waals surface area contributed by atoms with E-state index in [1.165, 1.54) is 0 Å². The summed E-state index contributed by atoms with van der Waals surface area (Å²) >= 11 is 6.30. The molecular formula is C22H19ClN4O. The molecule has 0 radical (unpaired) electrons. The Morgan fingerprint density at radius 1 is 1.04 bits per heavy atom. The lowest BCUT2D eigenvalue weighted by molar-refractivity contribution is -0.121. The second-order valence-corrected chi connectivity index (χ2v) is 6.95. The number of aliphatic imine (C=N–C) groups is 1. The highest BCUT2D eigenvalue weighted by molar-refractivity contribution is 6.30. The van der Waals surface area contributed by atoms with Crippen LogP contribution in [0.25, 0.3) is 0 Å². The molecule has 1 atom stereocenters. The number of hydrogen-bond acceptors (Lipinski definition) is 4. The molecule has 6 heteroatoms. The highest BCUT2D eigenvalue weighted by atomic mass is 35.5. The van der Waals surface area contributed by atoms with Crippen LogP contribution in [0.2, 0.25) is 5.02 Å². The highest BCUT2D eigenvalue weighted by Gasteiger charge is 2.33. The van der Waals surface area contributed by atoms with Crippen molar-refractivity contribution in [1.82, 2.24) is 10.3 Å². The van der Waals surface area contributed by atoms with Gasteiger partial charge in [0.2, 0.25) is 0 Å². The number of amidine groups is 1. The van der Waals surface area contributed by atoms with Crippen molar-refractivity contribution >= 4 is 29.0 Å². The first kappa shape index (κ1) is 18.2. The van der Waals surface area contributed by atoms with Gasteiger partial charge in [-0.15, -0.1) is 0 Å². The van der Waals surface area contributed by atoms with Crippen molar-refractivity contribution in [3.05, 3.63) is 101 Å². The quantitative estimate of drug-likeness (QED) is 0.404. The van der Waals surface area contributed by atoms with Gasteiger partial charge in [0, 0.05) is 16.1 Å². The molecule has 1 aliphatic heterocycles. The predicted octanol–water partition coefficient (Wildman–Crippen LogP) is 3.81. The number of hydrogen-bond donors (Lipinski definition) is 2. The molecule has 0 aromatic heterocycles. The maximum absolute atomic E-state index is 12.3. The number of nitrogens with two attached hydrogens (primary N) is 1. The van der Waals surface area contributed by atoms with Crippen LogP contribution < -0.4 is 11.3 Å². The number of nitrogens with one attached hydrogen (secondary N) is 1. The standard InChI is InChI=1S/C22H19ClN4O/c23-17-11-12-19-18(13-17)21(15-7-3-1-4-8-15)27(14-20(28)26-24)22(25-19)16-9-5-2-6-10-16/h1-13,21H,14,24H2,(H,26,28)/t21-/m1/s1. The SMILES string of the molecule is NNC(=O)CN1C(c2ccccc2)=Nc2ccc(Cl)cc2[C@H]1c1ccccc1. The molecule has 4 rings (SSSR count). The average molecular weight is 391 g/mol. The first-order valence-corrected chi connectivity index (χ1v) is 9.30. The van der Waals surface area contributed by atoms with E-state index in [2.05, 4.69) is 5.43 Å². The van der Waals surface area contributed by atoms with Crippen molar-refractivity contribution < 1.29 is 4.79 Å². The van der Waals surface area contributed by atoms with Gasteiger partial charge < -0.3 is 4.90 Å². The highest BCUT2D eigenvalue weighted by Crippen LogP contribution is 2.41. The van der Waals surface area contributed by atoms with Crippen molar-refractivity contribution in [2.45, 2.75) is 6.04 Å². The molecule has 0 unspecified atom stereocenters. The molecule has 0 aliphatic carbocycles. The van der Waals surface area contributed by atoms with E-state index >= 15 is 0 Å². The van der Waals surface area contributed by atoms with Crippen LogP contribution in [0.5, 0.6) is 0 Å². The Bertz CT molecular complexity index is 1020. The molecule has 0 saturated carbocycles. The van der Waals surface area contributed by atoms with E-state index in [1.807, 2.05) is 83.8 Å². The molecule has 5 nitrogen and oxygen atoms in total. The van der Waals surface area contributed by atoms with Gasteiger partial charge in [0.05, 0.1) is 11.7 Å². The van der Waals surface area contributed by atoms with Gasteiger partial charge in [0.1, 0.15) is 12.4 Å². The molecule has 1 aliphatic rings. The van der Waals surface area contributed by atoms with E-state index in [-0.39, 0.29) is 18.5 Å². The van der Waals surface area contributed by atoms with Crippen LogP contribution in [0, 0.1) is 0 Å². The molecular weight excluding hydrogens is 372 g/mol. The van der Waals surface area contributed by atoms with Crippen molar-refractivity contribution in [3.63, 3.8) is 0 Å². The van der Waals surface area contributed by atoms with E-state index in [0.29, 0.717) is 10.9 Å². The summed E-state index contributed by atoms with van der Waals surface area (Å²) in [5.41, 5.74) is 5.98. The molecule has 0 bridgehead atoms. The van der Waals surface area contributed by atoms with E-state index in [4.69, 9.17) is 22.4 Å². The summed E-state index contributed by atoms with van der Waals surface area (Å²) in [6.07, 6.45) is 0. The minimum atomic E-state index is -0.296. The summed E-state index contributed by atoms with van der Waals surface area (Å²) in [7, 11) is 0. The summed E-state index contributed by atoms with van der Waals surface area (Å²) in [5, 5.41) is 0.626. The first-order valence-electron chi connectivity index (χ1n) is 8.92. The third kappa shape index (κ3) is 3.50. The Morgan fingerprint density at radius 2 is 1.71 bits per heavy atom. The van der Waals surface area contributed by atoms with Crippen LogP contribution >= 0.6 is 11.6 Å². The van der Waals surface area contributed by atoms with Crippen molar-refractivity contribution in [3.8, 4) is 0 Å². The maximum Gasteiger partial charge on any atom is 0.253 e. The third-order valence-corrected chi connectivity index (χ3v) is 4.95. The Morgan fingerprint density at radius 3 is 2.39 bits per heavy atom. The number of hydrazine groups is 1. The van der Waals surface area contributed by atoms with Gasteiger partial charge in [-0.25, -0.2) is 10.8 Å². The summed E-state index contributed by atoms with van der Waals surface area (Å²) in [6, 6.07) is 25.3. The lowest BCUT2D eigenvalue weighted by Crippen LogP contribution is -2.46. The van der Waals surface area contributed by atoms with Gasteiger partial charge in [-0.3, -0.25) is 10.2 Å². The molecule has 0 saturated heterocycles. The van der Waals surface area contributed by atoms with Crippen LogP contribution in [0.15, 0.2) is 83.9 Å². The molecule has 3 aromatic carbocycles. The number of nitrogens with zero attached hydrogens (tertiary/aromatic N) is 2. The zero-order valence-corrected chi connectivity index (χ0v) is 15.8. The fraction of sp³-hybridized carbons (Fsp3) is 0.0909. The fourth-order valence-electron chi connectivity index (χ4n) is 3.49. The maximum atomic E-state index is 12.3. The number of fused-ring (bicyclic) bond motifs is 1. The Kier molecular flexibility index (Phi) is 5.10. The summed E-state index contributed by atoms with van der Waals surface area (Å²) in [4.78, 5) is 19.1. The van der Waals surface area contributed by atoms with E-state index in [9.17, 15) is 4.79 Å². The number of benzene rings is 3. The lowest BCUT2D eigenvalue weighted by Gasteiger charge is -2.38. The normalized spacial score (nSPS) is 15.6. The van der Waals surface area contributed by atoms with Crippen LogP contribution in [0.3, 0.4) is 0 Å². The minimum absolute atomic E-state index is 0.0652. The summed E-state index contributed by atoms with van der Waals surface area (Å²) in [6.45, 7) is 0.0652. The van der Waals surface area contributed by atoms with Gasteiger partial charge in [-0.05, 0) is 23.8 Å². The van der Waals surface area contributed by atoms with Crippen LogP contribution in [0.4, 0.5) is 5.69 Å². The molecule has 3 aromatic rings. The lowest BCUT2D eigenvalue weighted by atomic mass is 9.93. The number of rotatable bonds is 4. The third-order valence-electron chi connectivity index (χ3n) is 4.72. The Labute approximate surface area is 168 Å². The van der Waals surface area contributed by atoms with Crippen molar-refractivity contribution in [1.29, 1.82) is 0 Å². The molecule has 0 spiro atoms. The Balaban J connectivity index is 1.94. The van der Waals surface area contributed by atoms with E-state index in [1.54, 1.807) is 0 Å². The molecule has 1 amide bonds. The van der Waals surface area contributed by atoms with Crippen molar-refractivity contribution in [2.75, 3.05) is 6.54 Å². The number of carbonyl (C=O) groups excluding carboxylic acids is 1. The van der Waals surface area contributed by atoms with Gasteiger partial charge in [-0.1, -0.05) is 72.3 Å². The topological polar surface area (TPSA) is 70.7 Å². The molecule has 28 heavy (non-hydrogen) atoms. The van der Waals surface area contributed by atoms with Crippen LogP contribution in [-0.2, 0) is 4.79 Å². The molecule has 0 fully saturated rings. The molecule has 3 N–H and O–H groups in total. The second-order valence-electron chi connectivity index (χ2n) is 6.51. The van der Waals surface area contributed by atoms with E-state index < -0.39 is 0 Å². The first-order chi connectivity index (χ1) is 13.7.